The molecule has 1 aromatic heterocycles. The number of ether oxygens (including phenoxy) is 1. The molecule has 1 atom stereocenters. The molecule has 39 heavy (non-hydrogen) atoms. The monoisotopic (exact) mass is 510 g/mol. The van der Waals surface area contributed by atoms with E-state index in [0.29, 0.717) is 39.6 Å². The zero-order chi connectivity index (χ0) is 27.1. The van der Waals surface area contributed by atoms with Crippen molar-refractivity contribution in [3.63, 3.8) is 0 Å². The van der Waals surface area contributed by atoms with Gasteiger partial charge in [0.2, 0.25) is 0 Å². The van der Waals surface area contributed by atoms with Gasteiger partial charge in [-0.3, -0.25) is 4.79 Å². The van der Waals surface area contributed by atoms with Gasteiger partial charge in [-0.15, -0.1) is 6.42 Å². The SMILES string of the molecule is C#CCOc1ccc2nc(C(O)c3ccc4c(c3)-c3ccccc3C4=O)nc(-c3ccc(C(C)C)cc3)c2c1. The molecule has 5 aromatic rings. The lowest BCUT2D eigenvalue weighted by Gasteiger charge is -2.16. The molecule has 6 rings (SSSR count). The van der Waals surface area contributed by atoms with E-state index in [0.717, 1.165) is 22.1 Å². The molecule has 190 valence electrons. The van der Waals surface area contributed by atoms with Crippen LogP contribution in [0.5, 0.6) is 5.75 Å². The number of benzene rings is 4. The van der Waals surface area contributed by atoms with E-state index >= 15 is 0 Å². The molecule has 0 fully saturated rings. The fourth-order valence-corrected chi connectivity index (χ4v) is 5.07. The first-order chi connectivity index (χ1) is 18.9. The molecule has 1 unspecified atom stereocenters. The molecular weight excluding hydrogens is 484 g/mol. The maximum absolute atomic E-state index is 12.8. The molecule has 1 N–H and O–H groups in total. The Hall–Kier alpha value is -4.79. The largest absolute Gasteiger partial charge is 0.481 e. The number of hydrogen-bond donors (Lipinski definition) is 1. The van der Waals surface area contributed by atoms with Crippen molar-refractivity contribution in [1.29, 1.82) is 0 Å². The number of carbonyl (C=O) groups excluding carboxylic acids is 1. The van der Waals surface area contributed by atoms with Crippen LogP contribution < -0.4 is 4.74 Å². The zero-order valence-corrected chi connectivity index (χ0v) is 21.7. The Morgan fingerprint density at radius 3 is 2.31 bits per heavy atom. The molecule has 4 aromatic carbocycles. The van der Waals surface area contributed by atoms with Gasteiger partial charge >= 0.3 is 0 Å². The van der Waals surface area contributed by atoms with Crippen molar-refractivity contribution in [3.05, 3.63) is 113 Å². The van der Waals surface area contributed by atoms with E-state index in [2.05, 4.69) is 31.9 Å². The quantitative estimate of drug-likeness (QED) is 0.252. The molecule has 5 nitrogen and oxygen atoms in total. The first kappa shape index (κ1) is 24.5. The Bertz CT molecular complexity index is 1780. The molecule has 0 amide bonds. The van der Waals surface area contributed by atoms with Gasteiger partial charge in [0, 0.05) is 22.1 Å². The second-order valence-corrected chi connectivity index (χ2v) is 9.96. The highest BCUT2D eigenvalue weighted by Crippen LogP contribution is 2.39. The number of terminal acetylenes is 1. The van der Waals surface area contributed by atoms with Crippen molar-refractivity contribution >= 4 is 16.7 Å². The second kappa shape index (κ2) is 9.83. The Balaban J connectivity index is 1.47. The highest BCUT2D eigenvalue weighted by atomic mass is 16.5. The maximum Gasteiger partial charge on any atom is 0.194 e. The molecular formula is C34H26N2O3. The molecule has 5 heteroatoms. The number of hydrogen-bond acceptors (Lipinski definition) is 5. The zero-order valence-electron chi connectivity index (χ0n) is 21.7. The predicted octanol–water partition coefficient (Wildman–Crippen LogP) is 6.73. The summed E-state index contributed by atoms with van der Waals surface area (Å²) in [5.74, 6) is 3.79. The molecule has 0 spiro atoms. The van der Waals surface area contributed by atoms with Gasteiger partial charge in [-0.2, -0.15) is 0 Å². The minimum absolute atomic E-state index is 0.00131. The van der Waals surface area contributed by atoms with E-state index in [9.17, 15) is 9.90 Å². The van der Waals surface area contributed by atoms with E-state index < -0.39 is 6.10 Å². The van der Waals surface area contributed by atoms with Crippen molar-refractivity contribution in [1.82, 2.24) is 9.97 Å². The average Bonchev–Trinajstić information content (AvgIpc) is 3.26. The molecule has 0 aliphatic heterocycles. The highest BCUT2D eigenvalue weighted by Gasteiger charge is 2.28. The van der Waals surface area contributed by atoms with E-state index in [1.165, 1.54) is 5.56 Å². The topological polar surface area (TPSA) is 72.3 Å². The van der Waals surface area contributed by atoms with Crippen molar-refractivity contribution in [2.45, 2.75) is 25.9 Å². The Kier molecular flexibility index (Phi) is 6.18. The average molecular weight is 511 g/mol. The van der Waals surface area contributed by atoms with Crippen LogP contribution in [0.2, 0.25) is 0 Å². The molecule has 0 saturated heterocycles. The van der Waals surface area contributed by atoms with Crippen LogP contribution in [0.4, 0.5) is 0 Å². The lowest BCUT2D eigenvalue weighted by Crippen LogP contribution is -2.08. The first-order valence-corrected chi connectivity index (χ1v) is 12.9. The lowest BCUT2D eigenvalue weighted by molar-refractivity contribution is 0.104. The molecule has 1 aliphatic carbocycles. The van der Waals surface area contributed by atoms with Crippen molar-refractivity contribution in [2.24, 2.45) is 0 Å². The number of rotatable bonds is 6. The van der Waals surface area contributed by atoms with Gasteiger partial charge in [-0.1, -0.05) is 80.4 Å². The van der Waals surface area contributed by atoms with Gasteiger partial charge in [-0.25, -0.2) is 9.97 Å². The summed E-state index contributed by atoms with van der Waals surface area (Å²) in [5.41, 5.74) is 7.12. The van der Waals surface area contributed by atoms with E-state index in [4.69, 9.17) is 21.1 Å². The normalized spacial score (nSPS) is 12.7. The fourth-order valence-electron chi connectivity index (χ4n) is 5.07. The highest BCUT2D eigenvalue weighted by molar-refractivity contribution is 6.21. The van der Waals surface area contributed by atoms with Crippen LogP contribution >= 0.6 is 0 Å². The van der Waals surface area contributed by atoms with Crippen LogP contribution in [0.15, 0.2) is 84.9 Å². The third-order valence-corrected chi connectivity index (χ3v) is 7.17. The van der Waals surface area contributed by atoms with Crippen LogP contribution in [0.3, 0.4) is 0 Å². The summed E-state index contributed by atoms with van der Waals surface area (Å²) in [7, 11) is 0. The van der Waals surface area contributed by atoms with Crippen molar-refractivity contribution in [3.8, 4) is 40.5 Å². The van der Waals surface area contributed by atoms with E-state index in [1.807, 2.05) is 60.7 Å². The third kappa shape index (κ3) is 4.35. The summed E-state index contributed by atoms with van der Waals surface area (Å²) in [6.45, 7) is 4.47. The fraction of sp³-hybridized carbons (Fsp3) is 0.147. The first-order valence-electron chi connectivity index (χ1n) is 12.9. The van der Waals surface area contributed by atoms with Crippen molar-refractivity contribution < 1.29 is 14.6 Å². The number of fused-ring (bicyclic) bond motifs is 4. The van der Waals surface area contributed by atoms with Gasteiger partial charge in [0.05, 0.1) is 11.2 Å². The number of ketones is 1. The predicted molar refractivity (Wildman–Crippen MR) is 153 cm³/mol. The van der Waals surface area contributed by atoms with E-state index in [-0.39, 0.29) is 18.2 Å². The summed E-state index contributed by atoms with van der Waals surface area (Å²) in [6.07, 6.45) is 4.29. The van der Waals surface area contributed by atoms with Gasteiger partial charge in [0.15, 0.2) is 11.6 Å². The lowest BCUT2D eigenvalue weighted by atomic mass is 9.98. The summed E-state index contributed by atoms with van der Waals surface area (Å²) in [4.78, 5) is 22.4. The Labute approximate surface area is 227 Å². The van der Waals surface area contributed by atoms with Gasteiger partial charge in [-0.05, 0) is 52.4 Å². The molecule has 0 saturated carbocycles. The third-order valence-electron chi connectivity index (χ3n) is 7.17. The minimum Gasteiger partial charge on any atom is -0.481 e. The van der Waals surface area contributed by atoms with Gasteiger partial charge < -0.3 is 9.84 Å². The molecule has 0 bridgehead atoms. The van der Waals surface area contributed by atoms with Gasteiger partial charge in [0.25, 0.3) is 0 Å². The summed E-state index contributed by atoms with van der Waals surface area (Å²) >= 11 is 0. The summed E-state index contributed by atoms with van der Waals surface area (Å²) in [6, 6.07) is 26.8. The molecule has 0 radical (unpaired) electrons. The summed E-state index contributed by atoms with van der Waals surface area (Å²) < 4.78 is 5.66. The van der Waals surface area contributed by atoms with E-state index in [1.54, 1.807) is 12.1 Å². The number of carbonyl (C=O) groups is 1. The number of aliphatic hydroxyl groups is 1. The van der Waals surface area contributed by atoms with Crippen LogP contribution in [-0.2, 0) is 0 Å². The number of aromatic nitrogens is 2. The minimum atomic E-state index is -1.09. The van der Waals surface area contributed by atoms with Crippen LogP contribution in [0, 0.1) is 12.3 Å². The maximum atomic E-state index is 12.8. The van der Waals surface area contributed by atoms with Crippen molar-refractivity contribution in [2.75, 3.05) is 6.61 Å². The van der Waals surface area contributed by atoms with Crippen LogP contribution in [0.1, 0.15) is 58.7 Å². The van der Waals surface area contributed by atoms with Crippen LogP contribution in [-0.4, -0.2) is 27.5 Å². The number of nitrogens with zero attached hydrogens (tertiary/aromatic N) is 2. The summed E-state index contributed by atoms with van der Waals surface area (Å²) in [5, 5.41) is 12.3. The number of aliphatic hydroxyl groups excluding tert-OH is 1. The standard InChI is InChI=1S/C34H26N2O3/c1-4-17-39-24-14-16-30-29(19-24)31(22-11-9-21(10-12-22)20(2)3)36-34(35-30)32(37)23-13-15-27-28(18-23)25-7-5-6-8-26(25)33(27)38/h1,5-16,18-20,32,37H,17H2,2-3H3. The molecule has 1 aliphatic rings. The van der Waals surface area contributed by atoms with Gasteiger partial charge in [0.1, 0.15) is 18.5 Å². The Morgan fingerprint density at radius 1 is 0.846 bits per heavy atom. The molecule has 1 heterocycles. The van der Waals surface area contributed by atoms with Crippen LogP contribution in [0.25, 0.3) is 33.3 Å². The second-order valence-electron chi connectivity index (χ2n) is 9.96. The smallest absolute Gasteiger partial charge is 0.194 e. The Morgan fingerprint density at radius 2 is 1.56 bits per heavy atom.